The van der Waals surface area contributed by atoms with Crippen LogP contribution in [0, 0.1) is 0 Å². The van der Waals surface area contributed by atoms with E-state index in [-0.39, 0.29) is 12.5 Å². The second-order valence-electron chi connectivity index (χ2n) is 5.18. The van der Waals surface area contributed by atoms with E-state index in [9.17, 15) is 4.79 Å². The van der Waals surface area contributed by atoms with Gasteiger partial charge >= 0.3 is 0 Å². The number of benzene rings is 2. The second-order valence-corrected chi connectivity index (χ2v) is 5.18. The van der Waals surface area contributed by atoms with Crippen LogP contribution in [0.15, 0.2) is 54.6 Å². The van der Waals surface area contributed by atoms with Crippen LogP contribution in [0.1, 0.15) is 25.0 Å². The van der Waals surface area contributed by atoms with E-state index < -0.39 is 0 Å². The zero-order valence-corrected chi connectivity index (χ0v) is 13.3. The first-order chi connectivity index (χ1) is 10.7. The highest BCUT2D eigenvalue weighted by Gasteiger charge is 2.12. The molecule has 0 saturated carbocycles. The minimum atomic E-state index is 0.00764. The zero-order chi connectivity index (χ0) is 15.8. The van der Waals surface area contributed by atoms with Crippen molar-refractivity contribution in [1.29, 1.82) is 0 Å². The monoisotopic (exact) mass is 297 g/mol. The molecule has 0 aliphatic heterocycles. The standard InChI is InChI=1S/C19H23NO2/c1-3-16-11-8-12-18(13-16)22-15-19(21)20(4-2)14-17-9-6-5-7-10-17/h5-13H,3-4,14-15H2,1-2H3. The maximum atomic E-state index is 12.3. The third-order valence-corrected chi connectivity index (χ3v) is 3.62. The molecule has 2 aromatic carbocycles. The lowest BCUT2D eigenvalue weighted by atomic mass is 10.2. The van der Waals surface area contributed by atoms with Gasteiger partial charge in [0.2, 0.25) is 0 Å². The normalized spacial score (nSPS) is 10.3. The molecule has 0 fully saturated rings. The van der Waals surface area contributed by atoms with E-state index in [1.165, 1.54) is 5.56 Å². The number of nitrogens with zero attached hydrogens (tertiary/aromatic N) is 1. The number of ether oxygens (including phenoxy) is 1. The van der Waals surface area contributed by atoms with Crippen LogP contribution in [-0.4, -0.2) is 24.0 Å². The number of carbonyl (C=O) groups is 1. The van der Waals surface area contributed by atoms with Crippen molar-refractivity contribution in [3.8, 4) is 5.75 Å². The van der Waals surface area contributed by atoms with E-state index >= 15 is 0 Å². The SMILES string of the molecule is CCc1cccc(OCC(=O)N(CC)Cc2ccccc2)c1. The Morgan fingerprint density at radius 1 is 1.00 bits per heavy atom. The molecule has 0 unspecified atom stereocenters. The molecule has 0 atom stereocenters. The number of hydrogen-bond acceptors (Lipinski definition) is 2. The van der Waals surface area contributed by atoms with E-state index in [4.69, 9.17) is 4.74 Å². The molecule has 2 aromatic rings. The smallest absolute Gasteiger partial charge is 0.260 e. The first kappa shape index (κ1) is 16.1. The lowest BCUT2D eigenvalue weighted by molar-refractivity contribution is -0.133. The highest BCUT2D eigenvalue weighted by atomic mass is 16.5. The maximum absolute atomic E-state index is 12.3. The van der Waals surface area contributed by atoms with Gasteiger partial charge in [-0.05, 0) is 36.6 Å². The molecule has 3 heteroatoms. The largest absolute Gasteiger partial charge is 0.484 e. The van der Waals surface area contributed by atoms with Gasteiger partial charge in [0.15, 0.2) is 6.61 Å². The van der Waals surface area contributed by atoms with Crippen LogP contribution >= 0.6 is 0 Å². The molecular weight excluding hydrogens is 274 g/mol. The second kappa shape index (κ2) is 8.23. The topological polar surface area (TPSA) is 29.5 Å². The summed E-state index contributed by atoms with van der Waals surface area (Å²) >= 11 is 0. The number of carbonyl (C=O) groups excluding carboxylic acids is 1. The Bertz CT molecular complexity index is 595. The van der Waals surface area contributed by atoms with Crippen molar-refractivity contribution in [2.45, 2.75) is 26.8 Å². The Labute approximate surface area is 132 Å². The highest BCUT2D eigenvalue weighted by Crippen LogP contribution is 2.14. The molecule has 2 rings (SSSR count). The Morgan fingerprint density at radius 3 is 2.41 bits per heavy atom. The molecule has 0 aromatic heterocycles. The molecule has 116 valence electrons. The van der Waals surface area contributed by atoms with Gasteiger partial charge in [-0.25, -0.2) is 0 Å². The van der Waals surface area contributed by atoms with Crippen molar-refractivity contribution in [3.05, 3.63) is 65.7 Å². The van der Waals surface area contributed by atoms with Crippen molar-refractivity contribution in [1.82, 2.24) is 4.90 Å². The van der Waals surface area contributed by atoms with E-state index in [0.717, 1.165) is 17.7 Å². The van der Waals surface area contributed by atoms with Crippen molar-refractivity contribution >= 4 is 5.91 Å². The third kappa shape index (κ3) is 4.62. The minimum Gasteiger partial charge on any atom is -0.484 e. The molecule has 0 radical (unpaired) electrons. The van der Waals surface area contributed by atoms with Crippen LogP contribution in [0.25, 0.3) is 0 Å². The van der Waals surface area contributed by atoms with Crippen LogP contribution in [0.3, 0.4) is 0 Å². The van der Waals surface area contributed by atoms with E-state index in [2.05, 4.69) is 13.0 Å². The Morgan fingerprint density at radius 2 is 1.73 bits per heavy atom. The van der Waals surface area contributed by atoms with E-state index in [1.54, 1.807) is 4.90 Å². The van der Waals surface area contributed by atoms with Crippen molar-refractivity contribution in [2.24, 2.45) is 0 Å². The summed E-state index contributed by atoms with van der Waals surface area (Å²) in [6.07, 6.45) is 0.959. The molecule has 1 amide bonds. The molecule has 0 aliphatic rings. The van der Waals surface area contributed by atoms with Crippen LogP contribution in [0.4, 0.5) is 0 Å². The van der Waals surface area contributed by atoms with Crippen molar-refractivity contribution in [2.75, 3.05) is 13.2 Å². The quantitative estimate of drug-likeness (QED) is 0.780. The molecule has 3 nitrogen and oxygen atoms in total. The number of aryl methyl sites for hydroxylation is 1. The highest BCUT2D eigenvalue weighted by molar-refractivity contribution is 5.77. The van der Waals surface area contributed by atoms with Crippen LogP contribution in [-0.2, 0) is 17.8 Å². The molecule has 0 N–H and O–H groups in total. The number of likely N-dealkylation sites (N-methyl/N-ethyl adjacent to an activating group) is 1. The van der Waals surface area contributed by atoms with Gasteiger partial charge in [0.1, 0.15) is 5.75 Å². The molecule has 0 saturated heterocycles. The fourth-order valence-electron chi connectivity index (χ4n) is 2.27. The molecule has 0 heterocycles. The van der Waals surface area contributed by atoms with Crippen LogP contribution < -0.4 is 4.74 Å². The molecular formula is C19H23NO2. The molecule has 22 heavy (non-hydrogen) atoms. The average Bonchev–Trinajstić information content (AvgIpc) is 2.58. The summed E-state index contributed by atoms with van der Waals surface area (Å²) in [5, 5.41) is 0. The summed E-state index contributed by atoms with van der Waals surface area (Å²) in [5.41, 5.74) is 2.34. The Hall–Kier alpha value is -2.29. The fraction of sp³-hybridized carbons (Fsp3) is 0.316. The summed E-state index contributed by atoms with van der Waals surface area (Å²) in [6, 6.07) is 17.9. The van der Waals surface area contributed by atoms with Gasteiger partial charge in [-0.3, -0.25) is 4.79 Å². The number of rotatable bonds is 7. The van der Waals surface area contributed by atoms with E-state index in [0.29, 0.717) is 13.1 Å². The summed E-state index contributed by atoms with van der Waals surface area (Å²) in [5.74, 6) is 0.761. The average molecular weight is 297 g/mol. The van der Waals surface area contributed by atoms with Crippen LogP contribution in [0.5, 0.6) is 5.75 Å². The summed E-state index contributed by atoms with van der Waals surface area (Å²) in [4.78, 5) is 14.1. The third-order valence-electron chi connectivity index (χ3n) is 3.62. The van der Waals surface area contributed by atoms with Gasteiger partial charge in [0, 0.05) is 13.1 Å². The number of amides is 1. The van der Waals surface area contributed by atoms with Crippen molar-refractivity contribution < 1.29 is 9.53 Å². The van der Waals surface area contributed by atoms with Gasteiger partial charge in [-0.1, -0.05) is 49.4 Å². The van der Waals surface area contributed by atoms with Crippen LogP contribution in [0.2, 0.25) is 0 Å². The van der Waals surface area contributed by atoms with E-state index in [1.807, 2.05) is 55.5 Å². The van der Waals surface area contributed by atoms with Gasteiger partial charge in [0.25, 0.3) is 5.91 Å². The summed E-state index contributed by atoms with van der Waals surface area (Å²) in [7, 11) is 0. The fourth-order valence-corrected chi connectivity index (χ4v) is 2.27. The predicted octanol–water partition coefficient (Wildman–Crippen LogP) is 3.68. The lowest BCUT2D eigenvalue weighted by Crippen LogP contribution is -2.34. The minimum absolute atomic E-state index is 0.00764. The summed E-state index contributed by atoms with van der Waals surface area (Å²) in [6.45, 7) is 5.45. The van der Waals surface area contributed by atoms with Gasteiger partial charge in [-0.2, -0.15) is 0 Å². The molecule has 0 aliphatic carbocycles. The molecule has 0 spiro atoms. The first-order valence-electron chi connectivity index (χ1n) is 7.76. The van der Waals surface area contributed by atoms with Gasteiger partial charge in [-0.15, -0.1) is 0 Å². The zero-order valence-electron chi connectivity index (χ0n) is 13.3. The van der Waals surface area contributed by atoms with Crippen molar-refractivity contribution in [3.63, 3.8) is 0 Å². The Kier molecular flexibility index (Phi) is 6.01. The summed E-state index contributed by atoms with van der Waals surface area (Å²) < 4.78 is 5.64. The number of hydrogen-bond donors (Lipinski definition) is 0. The van der Waals surface area contributed by atoms with Gasteiger partial charge in [0.05, 0.1) is 0 Å². The predicted molar refractivity (Wildman–Crippen MR) is 88.8 cm³/mol. The Balaban J connectivity index is 1.91. The molecule has 0 bridgehead atoms. The lowest BCUT2D eigenvalue weighted by Gasteiger charge is -2.21. The van der Waals surface area contributed by atoms with Gasteiger partial charge < -0.3 is 9.64 Å². The first-order valence-corrected chi connectivity index (χ1v) is 7.76. The maximum Gasteiger partial charge on any atom is 0.260 e.